The number of hydrogen-bond donors (Lipinski definition) is 2. The zero-order chi connectivity index (χ0) is 10.4. The molecule has 0 aliphatic heterocycles. The van der Waals surface area contributed by atoms with Gasteiger partial charge < -0.3 is 10.8 Å². The Morgan fingerprint density at radius 3 is 2.79 bits per heavy atom. The predicted octanol–water partition coefficient (Wildman–Crippen LogP) is 2.01. The fraction of sp³-hybridized carbons (Fsp3) is 1.00. The predicted molar refractivity (Wildman–Crippen MR) is 63.6 cm³/mol. The topological polar surface area (TPSA) is 46.2 Å². The van der Waals surface area contributed by atoms with Gasteiger partial charge in [0.15, 0.2) is 0 Å². The molecule has 3 heteroatoms. The number of aliphatic hydroxyl groups is 1. The molecule has 1 saturated carbocycles. The van der Waals surface area contributed by atoms with Crippen LogP contribution in [0.1, 0.15) is 39.0 Å². The summed E-state index contributed by atoms with van der Waals surface area (Å²) < 4.78 is 0. The second-order valence-electron chi connectivity index (χ2n) is 4.46. The molecule has 0 aromatic rings. The van der Waals surface area contributed by atoms with Gasteiger partial charge in [-0.2, -0.15) is 11.8 Å². The van der Waals surface area contributed by atoms with E-state index in [-0.39, 0.29) is 0 Å². The first-order valence-corrected chi connectivity index (χ1v) is 6.77. The van der Waals surface area contributed by atoms with Crippen molar-refractivity contribution in [3.63, 3.8) is 0 Å². The molecule has 1 aliphatic rings. The quantitative estimate of drug-likeness (QED) is 0.708. The fourth-order valence-electron chi connectivity index (χ4n) is 1.85. The largest absolute Gasteiger partial charge is 0.396 e. The monoisotopic (exact) mass is 217 g/mol. The minimum atomic E-state index is 0.301. The van der Waals surface area contributed by atoms with Gasteiger partial charge in [-0.15, -0.1) is 0 Å². The van der Waals surface area contributed by atoms with Crippen LogP contribution in [0.5, 0.6) is 0 Å². The summed E-state index contributed by atoms with van der Waals surface area (Å²) in [5, 5.41) is 9.57. The molecule has 1 rings (SSSR count). The molecule has 3 N–H and O–H groups in total. The Kier molecular flexibility index (Phi) is 5.90. The molecule has 0 bridgehead atoms. The lowest BCUT2D eigenvalue weighted by atomic mass is 10.1. The van der Waals surface area contributed by atoms with Gasteiger partial charge in [-0.1, -0.05) is 26.2 Å². The van der Waals surface area contributed by atoms with Crippen LogP contribution in [-0.4, -0.2) is 28.8 Å². The van der Waals surface area contributed by atoms with E-state index in [1.165, 1.54) is 32.1 Å². The molecular weight excluding hydrogens is 194 g/mol. The van der Waals surface area contributed by atoms with Crippen LogP contribution in [0.4, 0.5) is 0 Å². The highest BCUT2D eigenvalue weighted by atomic mass is 32.2. The maximum Gasteiger partial charge on any atom is 0.0464 e. The summed E-state index contributed by atoms with van der Waals surface area (Å²) in [5.74, 6) is 1.46. The summed E-state index contributed by atoms with van der Waals surface area (Å²) in [6.07, 6.45) is 6.43. The Bertz CT molecular complexity index is 154. The number of rotatable bonds is 4. The van der Waals surface area contributed by atoms with Crippen LogP contribution in [0.15, 0.2) is 0 Å². The molecule has 1 aliphatic carbocycles. The van der Waals surface area contributed by atoms with E-state index in [1.54, 1.807) is 0 Å². The van der Waals surface area contributed by atoms with Crippen molar-refractivity contribution in [2.75, 3.05) is 12.4 Å². The summed E-state index contributed by atoms with van der Waals surface area (Å²) in [6, 6.07) is 0.383. The Morgan fingerprint density at radius 2 is 2.07 bits per heavy atom. The summed E-state index contributed by atoms with van der Waals surface area (Å²) in [6.45, 7) is 2.39. The van der Waals surface area contributed by atoms with Crippen LogP contribution in [-0.2, 0) is 0 Å². The molecule has 0 saturated heterocycles. The highest BCUT2D eigenvalue weighted by Gasteiger charge is 2.20. The van der Waals surface area contributed by atoms with Crippen molar-refractivity contribution >= 4 is 11.8 Å². The molecular formula is C11H23NOS. The van der Waals surface area contributed by atoms with E-state index in [4.69, 9.17) is 10.8 Å². The van der Waals surface area contributed by atoms with Crippen molar-refractivity contribution in [3.05, 3.63) is 0 Å². The number of hydrogen-bond acceptors (Lipinski definition) is 3. The third-order valence-corrected chi connectivity index (χ3v) is 4.69. The molecule has 3 unspecified atom stereocenters. The third kappa shape index (κ3) is 4.20. The Hall–Kier alpha value is 0.270. The fourth-order valence-corrected chi connectivity index (χ4v) is 3.25. The summed E-state index contributed by atoms with van der Waals surface area (Å²) in [4.78, 5) is 0. The van der Waals surface area contributed by atoms with Gasteiger partial charge in [0, 0.05) is 17.9 Å². The highest BCUT2D eigenvalue weighted by molar-refractivity contribution is 7.99. The van der Waals surface area contributed by atoms with Crippen molar-refractivity contribution < 1.29 is 5.11 Å². The molecule has 3 atom stereocenters. The van der Waals surface area contributed by atoms with Crippen molar-refractivity contribution in [1.82, 2.24) is 0 Å². The zero-order valence-corrected chi connectivity index (χ0v) is 9.93. The van der Waals surface area contributed by atoms with E-state index in [1.807, 2.05) is 11.8 Å². The molecule has 2 nitrogen and oxygen atoms in total. The van der Waals surface area contributed by atoms with Crippen LogP contribution in [0.3, 0.4) is 0 Å². The molecule has 0 aromatic carbocycles. The second-order valence-corrected chi connectivity index (χ2v) is 5.73. The summed E-state index contributed by atoms with van der Waals surface area (Å²) in [5.41, 5.74) is 6.12. The average molecular weight is 217 g/mol. The summed E-state index contributed by atoms with van der Waals surface area (Å²) >= 11 is 1.97. The second kappa shape index (κ2) is 6.70. The number of nitrogens with two attached hydrogens (primary N) is 1. The molecule has 0 heterocycles. The lowest BCUT2D eigenvalue weighted by Gasteiger charge is -2.21. The van der Waals surface area contributed by atoms with Gasteiger partial charge in [-0.25, -0.2) is 0 Å². The number of aliphatic hydroxyl groups excluding tert-OH is 1. The molecule has 0 radical (unpaired) electrons. The lowest BCUT2D eigenvalue weighted by molar-refractivity contribution is 0.250. The van der Waals surface area contributed by atoms with Crippen LogP contribution < -0.4 is 5.73 Å². The minimum Gasteiger partial charge on any atom is -0.396 e. The average Bonchev–Trinajstić information content (AvgIpc) is 2.39. The molecule has 0 amide bonds. The number of thioether (sulfide) groups is 1. The van der Waals surface area contributed by atoms with Crippen molar-refractivity contribution in [2.24, 2.45) is 11.7 Å². The highest BCUT2D eigenvalue weighted by Crippen LogP contribution is 2.27. The van der Waals surface area contributed by atoms with Gasteiger partial charge in [-0.3, -0.25) is 0 Å². The minimum absolute atomic E-state index is 0.301. The van der Waals surface area contributed by atoms with Gasteiger partial charge >= 0.3 is 0 Å². The van der Waals surface area contributed by atoms with Crippen LogP contribution >= 0.6 is 11.8 Å². The third-order valence-electron chi connectivity index (χ3n) is 2.91. The molecule has 84 valence electrons. The molecule has 0 aromatic heterocycles. The van der Waals surface area contributed by atoms with Crippen LogP contribution in [0, 0.1) is 5.92 Å². The summed E-state index contributed by atoms with van der Waals surface area (Å²) in [7, 11) is 0. The first kappa shape index (κ1) is 12.3. The van der Waals surface area contributed by atoms with E-state index in [0.29, 0.717) is 23.8 Å². The van der Waals surface area contributed by atoms with E-state index in [2.05, 4.69) is 6.92 Å². The molecule has 14 heavy (non-hydrogen) atoms. The van der Waals surface area contributed by atoms with Gasteiger partial charge in [-0.05, 0) is 24.5 Å². The van der Waals surface area contributed by atoms with Crippen LogP contribution in [0.2, 0.25) is 0 Å². The maximum atomic E-state index is 8.94. The lowest BCUT2D eigenvalue weighted by Crippen LogP contribution is -2.31. The SMILES string of the molecule is CC(CO)CSC1CCCCCC1N. The Balaban J connectivity index is 2.26. The van der Waals surface area contributed by atoms with Crippen LogP contribution in [0.25, 0.3) is 0 Å². The van der Waals surface area contributed by atoms with Crippen molar-refractivity contribution in [2.45, 2.75) is 50.3 Å². The first-order valence-electron chi connectivity index (χ1n) is 5.72. The van der Waals surface area contributed by atoms with Crippen molar-refractivity contribution in [1.29, 1.82) is 0 Å². The molecule has 1 fully saturated rings. The maximum absolute atomic E-state index is 8.94. The van der Waals surface area contributed by atoms with Gasteiger partial charge in [0.05, 0.1) is 0 Å². The van der Waals surface area contributed by atoms with E-state index >= 15 is 0 Å². The van der Waals surface area contributed by atoms with Gasteiger partial charge in [0.1, 0.15) is 0 Å². The van der Waals surface area contributed by atoms with Crippen molar-refractivity contribution in [3.8, 4) is 0 Å². The van der Waals surface area contributed by atoms with E-state index in [9.17, 15) is 0 Å². The first-order chi connectivity index (χ1) is 6.74. The van der Waals surface area contributed by atoms with Gasteiger partial charge in [0.2, 0.25) is 0 Å². The van der Waals surface area contributed by atoms with E-state index < -0.39 is 0 Å². The van der Waals surface area contributed by atoms with Gasteiger partial charge in [0.25, 0.3) is 0 Å². The Labute approximate surface area is 91.6 Å². The Morgan fingerprint density at radius 1 is 1.36 bits per heavy atom. The molecule has 0 spiro atoms. The smallest absolute Gasteiger partial charge is 0.0464 e. The standard InChI is InChI=1S/C11H23NOS/c1-9(7-13)8-14-11-6-4-2-3-5-10(11)12/h9-11,13H,2-8,12H2,1H3. The normalized spacial score (nSPS) is 31.1. The zero-order valence-electron chi connectivity index (χ0n) is 9.11. The van der Waals surface area contributed by atoms with E-state index in [0.717, 1.165) is 5.75 Å².